The van der Waals surface area contributed by atoms with Crippen LogP contribution in [0.2, 0.25) is 0 Å². The molecule has 0 unspecified atom stereocenters. The van der Waals surface area contributed by atoms with Gasteiger partial charge >= 0.3 is 0 Å². The molecule has 27 heavy (non-hydrogen) atoms. The minimum Gasteiger partial charge on any atom is -0.497 e. The number of fused-ring (bicyclic) bond motifs is 1. The number of pyridine rings is 1. The van der Waals surface area contributed by atoms with Gasteiger partial charge in [-0.1, -0.05) is 0 Å². The fraction of sp³-hybridized carbons (Fsp3) is 0.100. The summed E-state index contributed by atoms with van der Waals surface area (Å²) < 4.78 is 32.5. The first-order chi connectivity index (χ1) is 13.1. The molecule has 2 aromatic carbocycles. The SMILES string of the molecule is COc1ccc(N2C(=O)c3cccnc3[C@@H]2Nc2ccc(F)cc2F)cc1. The van der Waals surface area contributed by atoms with E-state index in [1.165, 1.54) is 11.0 Å². The van der Waals surface area contributed by atoms with Crippen molar-refractivity contribution in [3.8, 4) is 5.75 Å². The summed E-state index contributed by atoms with van der Waals surface area (Å²) in [5, 5.41) is 2.97. The number of nitrogens with zero attached hydrogens (tertiary/aromatic N) is 2. The van der Waals surface area contributed by atoms with Gasteiger partial charge in [-0.3, -0.25) is 14.7 Å². The summed E-state index contributed by atoms with van der Waals surface area (Å²) in [7, 11) is 1.55. The molecule has 5 nitrogen and oxygen atoms in total. The largest absolute Gasteiger partial charge is 0.497 e. The zero-order chi connectivity index (χ0) is 19.0. The lowest BCUT2D eigenvalue weighted by Crippen LogP contribution is -2.32. The standard InChI is InChI=1S/C20H15F2N3O2/c1-27-14-7-5-13(6-8-14)25-19(18-15(20(25)26)3-2-10-23-18)24-17-9-4-12(21)11-16(17)22/h2-11,19,24H,1H3/t19-/m1/s1. The van der Waals surface area contributed by atoms with Gasteiger partial charge in [0.1, 0.15) is 17.4 Å². The molecule has 3 aromatic rings. The number of carbonyl (C=O) groups is 1. The Bertz CT molecular complexity index is 1010. The van der Waals surface area contributed by atoms with Crippen molar-refractivity contribution in [2.75, 3.05) is 17.3 Å². The van der Waals surface area contributed by atoms with Gasteiger partial charge in [0.2, 0.25) is 0 Å². The zero-order valence-electron chi connectivity index (χ0n) is 14.3. The molecule has 0 bridgehead atoms. The molecular formula is C20H15F2N3O2. The third kappa shape index (κ3) is 2.97. The molecule has 1 amide bonds. The van der Waals surface area contributed by atoms with E-state index >= 15 is 0 Å². The second kappa shape index (κ2) is 6.68. The highest BCUT2D eigenvalue weighted by Gasteiger charge is 2.39. The summed E-state index contributed by atoms with van der Waals surface area (Å²) in [4.78, 5) is 18.7. The van der Waals surface area contributed by atoms with Crippen molar-refractivity contribution in [1.82, 2.24) is 4.98 Å². The summed E-state index contributed by atoms with van der Waals surface area (Å²) in [5.74, 6) is -1.04. The van der Waals surface area contributed by atoms with Gasteiger partial charge in [-0.05, 0) is 48.5 Å². The number of ether oxygens (including phenoxy) is 1. The Labute approximate surface area is 154 Å². The Hall–Kier alpha value is -3.48. The molecule has 0 saturated carbocycles. The molecular weight excluding hydrogens is 352 g/mol. The van der Waals surface area contributed by atoms with Gasteiger partial charge in [-0.2, -0.15) is 0 Å². The molecule has 136 valence electrons. The van der Waals surface area contributed by atoms with Crippen molar-refractivity contribution >= 4 is 17.3 Å². The predicted octanol–water partition coefficient (Wildman–Crippen LogP) is 4.14. The molecule has 1 aliphatic rings. The highest BCUT2D eigenvalue weighted by molar-refractivity contribution is 6.11. The van der Waals surface area contributed by atoms with Crippen molar-refractivity contribution in [3.05, 3.63) is 83.7 Å². The number of carbonyl (C=O) groups excluding carboxylic acids is 1. The summed E-state index contributed by atoms with van der Waals surface area (Å²) >= 11 is 0. The Morgan fingerprint density at radius 3 is 2.59 bits per heavy atom. The van der Waals surface area contributed by atoms with E-state index in [0.29, 0.717) is 22.7 Å². The number of hydrogen-bond donors (Lipinski definition) is 1. The predicted molar refractivity (Wildman–Crippen MR) is 96.8 cm³/mol. The van der Waals surface area contributed by atoms with Gasteiger partial charge in [0, 0.05) is 18.0 Å². The number of rotatable bonds is 4. The molecule has 0 fully saturated rings. The third-order valence-corrected chi connectivity index (χ3v) is 4.38. The highest BCUT2D eigenvalue weighted by Crippen LogP contribution is 2.37. The van der Waals surface area contributed by atoms with Crippen LogP contribution in [-0.4, -0.2) is 18.0 Å². The fourth-order valence-electron chi connectivity index (χ4n) is 3.08. The lowest BCUT2D eigenvalue weighted by atomic mass is 10.2. The van der Waals surface area contributed by atoms with E-state index in [1.807, 2.05) is 0 Å². The monoisotopic (exact) mass is 367 g/mol. The molecule has 7 heteroatoms. The average Bonchev–Trinajstić information content (AvgIpc) is 2.96. The average molecular weight is 367 g/mol. The summed E-state index contributed by atoms with van der Waals surface area (Å²) in [5.41, 5.74) is 1.57. The van der Waals surface area contributed by atoms with Gasteiger partial charge in [-0.15, -0.1) is 0 Å². The lowest BCUT2D eigenvalue weighted by molar-refractivity contribution is 0.0993. The van der Waals surface area contributed by atoms with Crippen LogP contribution in [0.1, 0.15) is 22.2 Å². The van der Waals surface area contributed by atoms with Crippen LogP contribution in [0, 0.1) is 11.6 Å². The van der Waals surface area contributed by atoms with Crippen LogP contribution in [0.4, 0.5) is 20.2 Å². The van der Waals surface area contributed by atoms with E-state index in [-0.39, 0.29) is 11.6 Å². The number of nitrogens with one attached hydrogen (secondary N) is 1. The van der Waals surface area contributed by atoms with E-state index in [1.54, 1.807) is 49.7 Å². The summed E-state index contributed by atoms with van der Waals surface area (Å²) in [6, 6.07) is 13.5. The Morgan fingerprint density at radius 1 is 1.11 bits per heavy atom. The first-order valence-electron chi connectivity index (χ1n) is 8.22. The van der Waals surface area contributed by atoms with Gasteiger partial charge < -0.3 is 10.1 Å². The van der Waals surface area contributed by atoms with Gasteiger partial charge in [0.25, 0.3) is 5.91 Å². The smallest absolute Gasteiger partial charge is 0.262 e. The number of aromatic nitrogens is 1. The van der Waals surface area contributed by atoms with Crippen LogP contribution in [0.5, 0.6) is 5.75 Å². The van der Waals surface area contributed by atoms with Crippen molar-refractivity contribution in [1.29, 1.82) is 0 Å². The molecule has 0 spiro atoms. The first-order valence-corrected chi connectivity index (χ1v) is 8.22. The maximum Gasteiger partial charge on any atom is 0.262 e. The molecule has 2 heterocycles. The molecule has 0 aliphatic carbocycles. The Morgan fingerprint density at radius 2 is 1.89 bits per heavy atom. The molecule has 4 rings (SSSR count). The minimum absolute atomic E-state index is 0.0752. The van der Waals surface area contributed by atoms with Crippen LogP contribution in [0.15, 0.2) is 60.8 Å². The maximum atomic E-state index is 14.2. The first kappa shape index (κ1) is 17.0. The van der Waals surface area contributed by atoms with Crippen molar-refractivity contribution in [3.63, 3.8) is 0 Å². The van der Waals surface area contributed by atoms with E-state index < -0.39 is 17.8 Å². The van der Waals surface area contributed by atoms with E-state index in [0.717, 1.165) is 12.1 Å². The number of amides is 1. The molecule has 1 atom stereocenters. The number of halogens is 2. The number of hydrogen-bond acceptors (Lipinski definition) is 4. The van der Waals surface area contributed by atoms with Crippen molar-refractivity contribution in [2.24, 2.45) is 0 Å². The third-order valence-electron chi connectivity index (χ3n) is 4.38. The fourth-order valence-corrected chi connectivity index (χ4v) is 3.08. The Kier molecular flexibility index (Phi) is 4.19. The minimum atomic E-state index is -0.749. The topological polar surface area (TPSA) is 54.5 Å². The summed E-state index contributed by atoms with van der Waals surface area (Å²) in [6.45, 7) is 0. The summed E-state index contributed by atoms with van der Waals surface area (Å²) in [6.07, 6.45) is 0.835. The van der Waals surface area contributed by atoms with Crippen molar-refractivity contribution in [2.45, 2.75) is 6.17 Å². The maximum absolute atomic E-state index is 14.2. The van der Waals surface area contributed by atoms with Gasteiger partial charge in [0.15, 0.2) is 6.17 Å². The number of anilines is 2. The second-order valence-electron chi connectivity index (χ2n) is 5.98. The van der Waals surface area contributed by atoms with Crippen LogP contribution >= 0.6 is 0 Å². The molecule has 1 N–H and O–H groups in total. The van der Waals surface area contributed by atoms with E-state index in [9.17, 15) is 13.6 Å². The highest BCUT2D eigenvalue weighted by atomic mass is 19.1. The molecule has 1 aromatic heterocycles. The van der Waals surface area contributed by atoms with Crippen LogP contribution in [0.25, 0.3) is 0 Å². The zero-order valence-corrected chi connectivity index (χ0v) is 14.3. The van der Waals surface area contributed by atoms with Crippen LogP contribution in [-0.2, 0) is 0 Å². The molecule has 0 radical (unpaired) electrons. The van der Waals surface area contributed by atoms with Gasteiger partial charge in [0.05, 0.1) is 24.1 Å². The number of benzene rings is 2. The quantitative estimate of drug-likeness (QED) is 0.753. The second-order valence-corrected chi connectivity index (χ2v) is 5.98. The van der Waals surface area contributed by atoms with Gasteiger partial charge in [-0.25, -0.2) is 8.78 Å². The van der Waals surface area contributed by atoms with Crippen LogP contribution < -0.4 is 15.0 Å². The van der Waals surface area contributed by atoms with E-state index in [4.69, 9.17) is 4.74 Å². The normalized spacial score (nSPS) is 15.6. The van der Waals surface area contributed by atoms with Crippen LogP contribution in [0.3, 0.4) is 0 Å². The Balaban J connectivity index is 1.77. The molecule has 0 saturated heterocycles. The van der Waals surface area contributed by atoms with E-state index in [2.05, 4.69) is 10.3 Å². The van der Waals surface area contributed by atoms with Crippen molar-refractivity contribution < 1.29 is 18.3 Å². The molecule has 1 aliphatic heterocycles. The number of methoxy groups -OCH3 is 1. The lowest BCUT2D eigenvalue weighted by Gasteiger charge is -2.26.